The number of benzene rings is 1. The van der Waals surface area contributed by atoms with Crippen LogP contribution in [0.25, 0.3) is 21.9 Å². The van der Waals surface area contributed by atoms with Crippen LogP contribution in [0.5, 0.6) is 23.1 Å². The Kier molecular flexibility index (Phi) is 17.5. The van der Waals surface area contributed by atoms with E-state index in [1.165, 1.54) is 6.33 Å². The second-order valence-corrected chi connectivity index (χ2v) is 8.52. The fourth-order valence-electron chi connectivity index (χ4n) is 4.33. The maximum Gasteiger partial charge on any atom is 0.230 e. The minimum absolute atomic E-state index is 0. The lowest BCUT2D eigenvalue weighted by molar-refractivity contribution is 0.135. The highest BCUT2D eigenvalue weighted by molar-refractivity contribution is 5.87. The minimum Gasteiger partial charge on any atom is -0.493 e. The Morgan fingerprint density at radius 3 is 2.33 bits per heavy atom. The van der Waals surface area contributed by atoms with Gasteiger partial charge in [-0.1, -0.05) is 55.0 Å². The first-order valence-corrected chi connectivity index (χ1v) is 14.9. The van der Waals surface area contributed by atoms with Gasteiger partial charge in [0.05, 0.1) is 30.8 Å². The zero-order valence-corrected chi connectivity index (χ0v) is 25.9. The van der Waals surface area contributed by atoms with Crippen LogP contribution in [0.2, 0.25) is 0 Å². The molecule has 1 aliphatic rings. The monoisotopic (exact) mass is 580 g/mol. The van der Waals surface area contributed by atoms with E-state index in [9.17, 15) is 0 Å². The quantitative estimate of drug-likeness (QED) is 0.152. The van der Waals surface area contributed by atoms with E-state index in [1.54, 1.807) is 13.3 Å². The summed E-state index contributed by atoms with van der Waals surface area (Å²) in [5, 5.41) is 1.70. The van der Waals surface area contributed by atoms with E-state index < -0.39 is 0 Å². The Balaban J connectivity index is 0.00000119. The van der Waals surface area contributed by atoms with Crippen molar-refractivity contribution in [2.75, 3.05) is 53.0 Å². The lowest BCUT2D eigenvalue weighted by atomic mass is 10.2. The van der Waals surface area contributed by atoms with Crippen molar-refractivity contribution in [1.29, 1.82) is 0 Å². The van der Waals surface area contributed by atoms with E-state index in [-0.39, 0.29) is 7.43 Å². The third-order valence-corrected chi connectivity index (χ3v) is 6.20. The lowest BCUT2D eigenvalue weighted by Gasteiger charge is -2.34. The van der Waals surface area contributed by atoms with Crippen LogP contribution in [-0.4, -0.2) is 82.7 Å². The Hall–Kier alpha value is -3.69. The fourth-order valence-corrected chi connectivity index (χ4v) is 4.33. The lowest BCUT2D eigenvalue weighted by Crippen LogP contribution is -2.46. The van der Waals surface area contributed by atoms with Crippen LogP contribution < -0.4 is 14.2 Å². The first-order chi connectivity index (χ1) is 20.2. The van der Waals surface area contributed by atoms with Crippen LogP contribution in [0.15, 0.2) is 55.6 Å². The Bertz CT molecular complexity index is 1300. The molecule has 0 radical (unpaired) electrons. The van der Waals surface area contributed by atoms with Gasteiger partial charge in [-0.15, -0.1) is 6.58 Å². The van der Waals surface area contributed by atoms with Crippen LogP contribution in [0.1, 0.15) is 55.4 Å². The van der Waals surface area contributed by atoms with Crippen molar-refractivity contribution in [2.45, 2.75) is 55.4 Å². The van der Waals surface area contributed by atoms with E-state index in [2.05, 4.69) is 36.3 Å². The number of rotatable bonds is 10. The molecule has 0 saturated carbocycles. The van der Waals surface area contributed by atoms with Crippen LogP contribution in [0.3, 0.4) is 0 Å². The number of methoxy groups -OCH3 is 1. The van der Waals surface area contributed by atoms with Gasteiger partial charge < -0.3 is 24.1 Å². The second kappa shape index (κ2) is 20.2. The summed E-state index contributed by atoms with van der Waals surface area (Å²) >= 11 is 0. The summed E-state index contributed by atoms with van der Waals surface area (Å²) in [5.74, 6) is 2.32. The maximum atomic E-state index is 6.09. The first-order valence-electron chi connectivity index (χ1n) is 14.9. The van der Waals surface area contributed by atoms with Gasteiger partial charge in [0.1, 0.15) is 17.7 Å². The molecule has 3 aromatic heterocycles. The number of piperazine rings is 1. The normalized spacial score (nSPS) is 12.8. The number of hydrogen-bond donors (Lipinski definition) is 1. The van der Waals surface area contributed by atoms with Gasteiger partial charge in [0.25, 0.3) is 0 Å². The fraction of sp³-hybridized carbons (Fsp3) is 0.485. The summed E-state index contributed by atoms with van der Waals surface area (Å²) in [5.41, 5.74) is 1.53. The molecule has 1 aromatic carbocycles. The third-order valence-electron chi connectivity index (χ3n) is 6.20. The van der Waals surface area contributed by atoms with Crippen LogP contribution in [0.4, 0.5) is 0 Å². The predicted octanol–water partition coefficient (Wildman–Crippen LogP) is 7.59. The summed E-state index contributed by atoms with van der Waals surface area (Å²) in [7, 11) is 1.63. The number of H-pyrrole nitrogens is 1. The van der Waals surface area contributed by atoms with E-state index >= 15 is 0 Å². The summed E-state index contributed by atoms with van der Waals surface area (Å²) in [4.78, 5) is 21.1. The zero-order valence-electron chi connectivity index (χ0n) is 25.9. The molecule has 0 atom stereocenters. The average Bonchev–Trinajstić information content (AvgIpc) is 3.51. The van der Waals surface area contributed by atoms with Gasteiger partial charge in [-0.3, -0.25) is 4.90 Å². The molecule has 4 heterocycles. The van der Waals surface area contributed by atoms with Crippen molar-refractivity contribution in [1.82, 2.24) is 29.7 Å². The topological polar surface area (TPSA) is 88.6 Å². The molecule has 0 unspecified atom stereocenters. The van der Waals surface area contributed by atoms with E-state index in [4.69, 9.17) is 14.2 Å². The van der Waals surface area contributed by atoms with Gasteiger partial charge in [-0.2, -0.15) is 0 Å². The Morgan fingerprint density at radius 2 is 1.64 bits per heavy atom. The molecule has 1 N–H and O–H groups in total. The van der Waals surface area contributed by atoms with Crippen molar-refractivity contribution in [2.24, 2.45) is 0 Å². The van der Waals surface area contributed by atoms with Crippen molar-refractivity contribution in [3.63, 3.8) is 0 Å². The molecular weight excluding hydrogens is 528 g/mol. The molecular formula is C33H52N6O3. The highest BCUT2D eigenvalue weighted by Gasteiger charge is 2.16. The predicted molar refractivity (Wildman–Crippen MR) is 176 cm³/mol. The van der Waals surface area contributed by atoms with Gasteiger partial charge in [-0.05, 0) is 24.6 Å². The summed E-state index contributed by atoms with van der Waals surface area (Å²) in [6, 6.07) is 7.61. The SMILES string of the molecule is C.C=CCN1CCN(CCCOc2cc3ncnc(Oc4cnc5[nH]ccc5c4)c3cc2OC)CC1.CC.CC.CC. The first kappa shape index (κ1) is 36.3. The molecule has 1 saturated heterocycles. The molecule has 9 nitrogen and oxygen atoms in total. The molecule has 1 aliphatic heterocycles. The smallest absolute Gasteiger partial charge is 0.230 e. The number of fused-ring (bicyclic) bond motifs is 2. The third kappa shape index (κ3) is 9.99. The van der Waals surface area contributed by atoms with E-state index in [0.29, 0.717) is 29.7 Å². The minimum atomic E-state index is 0. The molecule has 0 amide bonds. The number of nitrogens with zero attached hydrogens (tertiary/aromatic N) is 5. The highest BCUT2D eigenvalue weighted by Crippen LogP contribution is 2.36. The van der Waals surface area contributed by atoms with Gasteiger partial charge in [0.2, 0.25) is 5.88 Å². The van der Waals surface area contributed by atoms with Crippen molar-refractivity contribution >= 4 is 21.9 Å². The average molecular weight is 581 g/mol. The number of pyridine rings is 1. The molecule has 0 spiro atoms. The number of aromatic amines is 1. The van der Waals surface area contributed by atoms with Crippen molar-refractivity contribution in [3.05, 3.63) is 55.6 Å². The molecule has 9 heteroatoms. The molecule has 0 bridgehead atoms. The second-order valence-electron chi connectivity index (χ2n) is 8.52. The van der Waals surface area contributed by atoms with Gasteiger partial charge in [0, 0.05) is 56.9 Å². The Labute approximate surface area is 252 Å². The molecule has 5 rings (SSSR count). The van der Waals surface area contributed by atoms with Crippen LogP contribution >= 0.6 is 0 Å². The zero-order chi connectivity index (χ0) is 30.0. The number of ether oxygens (including phenoxy) is 3. The number of aromatic nitrogens is 4. The standard InChI is InChI=1S/C26H30N6O3.3C2H6.CH4/c1-3-7-31-9-11-32(12-10-31)8-4-13-34-24-16-22-21(15-23(24)33-2)26(30-18-29-22)35-20-14-19-5-6-27-25(19)28-17-20;3*1-2;/h3,5-6,14-18H,1,4,7-13H2,2H3,(H,27,28);3*1-2H3;1H4. The number of nitrogens with one attached hydrogen (secondary N) is 1. The van der Waals surface area contributed by atoms with Crippen LogP contribution in [0, 0.1) is 0 Å². The maximum absolute atomic E-state index is 6.09. The van der Waals surface area contributed by atoms with Gasteiger partial charge in [-0.25, -0.2) is 15.0 Å². The Morgan fingerprint density at radius 1 is 0.929 bits per heavy atom. The van der Waals surface area contributed by atoms with Crippen LogP contribution in [-0.2, 0) is 0 Å². The summed E-state index contributed by atoms with van der Waals surface area (Å²) in [6.45, 7) is 22.7. The molecule has 4 aromatic rings. The largest absolute Gasteiger partial charge is 0.493 e. The molecule has 232 valence electrons. The number of hydrogen-bond acceptors (Lipinski definition) is 8. The molecule has 1 fully saturated rings. The highest BCUT2D eigenvalue weighted by atomic mass is 16.5. The van der Waals surface area contributed by atoms with E-state index in [1.807, 2.05) is 78.1 Å². The van der Waals surface area contributed by atoms with Gasteiger partial charge >= 0.3 is 0 Å². The molecule has 0 aliphatic carbocycles. The van der Waals surface area contributed by atoms with E-state index in [0.717, 1.165) is 67.6 Å². The molecule has 42 heavy (non-hydrogen) atoms. The van der Waals surface area contributed by atoms with Crippen molar-refractivity contribution in [3.8, 4) is 23.1 Å². The van der Waals surface area contributed by atoms with Gasteiger partial charge in [0.15, 0.2) is 11.5 Å². The van der Waals surface area contributed by atoms with Crippen molar-refractivity contribution < 1.29 is 14.2 Å². The summed E-state index contributed by atoms with van der Waals surface area (Å²) in [6.07, 6.45) is 7.91. The summed E-state index contributed by atoms with van der Waals surface area (Å²) < 4.78 is 17.8.